The van der Waals surface area contributed by atoms with Gasteiger partial charge in [-0.2, -0.15) is 0 Å². The zero-order chi connectivity index (χ0) is 20.5. The lowest BCUT2D eigenvalue weighted by Crippen LogP contribution is -1.82. The molecule has 28 heavy (non-hydrogen) atoms. The third-order valence-corrected chi connectivity index (χ3v) is 4.47. The number of carbonyl (C=O) groups excluding carboxylic acids is 1. The van der Waals surface area contributed by atoms with Crippen molar-refractivity contribution in [3.05, 3.63) is 72.9 Å². The van der Waals surface area contributed by atoms with Gasteiger partial charge in [0.15, 0.2) is 5.78 Å². The van der Waals surface area contributed by atoms with Crippen molar-refractivity contribution in [1.29, 1.82) is 0 Å². The van der Waals surface area contributed by atoms with Crippen LogP contribution in [0.4, 0.5) is 0 Å². The summed E-state index contributed by atoms with van der Waals surface area (Å²) in [6.07, 6.45) is 40.2. The van der Waals surface area contributed by atoms with Crippen LogP contribution in [-0.4, -0.2) is 5.78 Å². The predicted octanol–water partition coefficient (Wildman–Crippen LogP) is 8.61. The second-order valence-electron chi connectivity index (χ2n) is 7.23. The number of hydrogen-bond acceptors (Lipinski definition) is 1. The lowest BCUT2D eigenvalue weighted by Gasteiger charge is -2.01. The SMILES string of the molecule is C/C=C/CCCCCCCCCCCC/C=C/C=C/C=C/C=C/C=C/C(C)=O. The molecule has 0 aliphatic heterocycles. The van der Waals surface area contributed by atoms with Crippen molar-refractivity contribution in [2.75, 3.05) is 0 Å². The third-order valence-electron chi connectivity index (χ3n) is 4.47. The molecule has 0 atom stereocenters. The van der Waals surface area contributed by atoms with Crippen molar-refractivity contribution in [2.24, 2.45) is 0 Å². The van der Waals surface area contributed by atoms with E-state index in [4.69, 9.17) is 0 Å². The number of rotatable bonds is 18. The summed E-state index contributed by atoms with van der Waals surface area (Å²) in [6.45, 7) is 3.65. The Morgan fingerprint density at radius 3 is 1.39 bits per heavy atom. The number of ketones is 1. The largest absolute Gasteiger partial charge is 0.295 e. The van der Waals surface area contributed by atoms with E-state index in [-0.39, 0.29) is 5.78 Å². The minimum Gasteiger partial charge on any atom is -0.295 e. The molecule has 0 aromatic heterocycles. The van der Waals surface area contributed by atoms with Crippen molar-refractivity contribution in [3.63, 3.8) is 0 Å². The number of allylic oxidation sites excluding steroid dienone is 12. The van der Waals surface area contributed by atoms with Crippen LogP contribution in [0.3, 0.4) is 0 Å². The van der Waals surface area contributed by atoms with E-state index in [1.54, 1.807) is 19.1 Å². The molecule has 0 saturated carbocycles. The first kappa shape index (κ1) is 26.1. The van der Waals surface area contributed by atoms with E-state index in [0.717, 1.165) is 0 Å². The molecule has 1 heteroatoms. The molecule has 0 fully saturated rings. The molecule has 0 unspecified atom stereocenters. The number of hydrogen-bond donors (Lipinski definition) is 0. The number of carbonyl (C=O) groups is 1. The monoisotopic (exact) mass is 382 g/mol. The summed E-state index contributed by atoms with van der Waals surface area (Å²) in [5, 5.41) is 0. The van der Waals surface area contributed by atoms with Crippen LogP contribution >= 0.6 is 0 Å². The summed E-state index contributed by atoms with van der Waals surface area (Å²) in [5.74, 6) is 0.0698. The van der Waals surface area contributed by atoms with Gasteiger partial charge in [-0.15, -0.1) is 0 Å². The van der Waals surface area contributed by atoms with Crippen molar-refractivity contribution in [2.45, 2.75) is 90.9 Å². The van der Waals surface area contributed by atoms with E-state index in [0.29, 0.717) is 0 Å². The average Bonchev–Trinajstić information content (AvgIpc) is 2.68. The smallest absolute Gasteiger partial charge is 0.152 e. The van der Waals surface area contributed by atoms with Gasteiger partial charge in [-0.25, -0.2) is 0 Å². The van der Waals surface area contributed by atoms with E-state index in [9.17, 15) is 4.79 Å². The molecule has 156 valence electrons. The molecule has 1 nitrogen and oxygen atoms in total. The molecule has 0 bridgehead atoms. The molecule has 0 spiro atoms. The van der Waals surface area contributed by atoms with Gasteiger partial charge in [0.1, 0.15) is 0 Å². The first-order valence-corrected chi connectivity index (χ1v) is 11.2. The summed E-state index contributed by atoms with van der Waals surface area (Å²) in [4.78, 5) is 10.7. The van der Waals surface area contributed by atoms with Gasteiger partial charge < -0.3 is 0 Å². The van der Waals surface area contributed by atoms with Gasteiger partial charge in [-0.1, -0.05) is 118 Å². The second kappa shape index (κ2) is 23.1. The Labute approximate surface area is 174 Å². The fourth-order valence-electron chi connectivity index (χ4n) is 2.86. The van der Waals surface area contributed by atoms with Crippen LogP contribution in [0.25, 0.3) is 0 Å². The Morgan fingerprint density at radius 2 is 0.929 bits per heavy atom. The van der Waals surface area contributed by atoms with Gasteiger partial charge in [0.2, 0.25) is 0 Å². The molecule has 0 amide bonds. The highest BCUT2D eigenvalue weighted by Crippen LogP contribution is 2.12. The molecular weight excluding hydrogens is 340 g/mol. The Hall–Kier alpha value is -1.89. The van der Waals surface area contributed by atoms with Crippen molar-refractivity contribution < 1.29 is 4.79 Å². The summed E-state index contributed by atoms with van der Waals surface area (Å²) in [7, 11) is 0. The molecule has 0 radical (unpaired) electrons. The fourth-order valence-corrected chi connectivity index (χ4v) is 2.86. The lowest BCUT2D eigenvalue weighted by molar-refractivity contribution is -0.112. The van der Waals surface area contributed by atoms with Crippen LogP contribution in [0.1, 0.15) is 90.9 Å². The molecule has 0 N–H and O–H groups in total. The van der Waals surface area contributed by atoms with Crippen LogP contribution in [0.2, 0.25) is 0 Å². The minimum absolute atomic E-state index is 0.0698. The molecular formula is C27H42O. The molecule has 0 aromatic carbocycles. The molecule has 0 rings (SSSR count). The predicted molar refractivity (Wildman–Crippen MR) is 127 cm³/mol. The first-order chi connectivity index (χ1) is 13.8. The van der Waals surface area contributed by atoms with E-state index in [1.165, 1.54) is 77.0 Å². The topological polar surface area (TPSA) is 17.1 Å². The normalized spacial score (nSPS) is 12.9. The van der Waals surface area contributed by atoms with Gasteiger partial charge in [0, 0.05) is 0 Å². The Bertz CT molecular complexity index is 514. The summed E-state index contributed by atoms with van der Waals surface area (Å²) >= 11 is 0. The summed E-state index contributed by atoms with van der Waals surface area (Å²) in [5.41, 5.74) is 0. The third kappa shape index (κ3) is 24.1. The lowest BCUT2D eigenvalue weighted by atomic mass is 10.0. The van der Waals surface area contributed by atoms with E-state index < -0.39 is 0 Å². The molecule has 0 aromatic rings. The average molecular weight is 383 g/mol. The minimum atomic E-state index is 0.0698. The highest BCUT2D eigenvalue weighted by molar-refractivity contribution is 5.87. The van der Waals surface area contributed by atoms with E-state index in [2.05, 4.69) is 37.3 Å². The summed E-state index contributed by atoms with van der Waals surface area (Å²) in [6, 6.07) is 0. The van der Waals surface area contributed by atoms with Crippen molar-refractivity contribution in [3.8, 4) is 0 Å². The first-order valence-electron chi connectivity index (χ1n) is 11.2. The van der Waals surface area contributed by atoms with Gasteiger partial charge in [-0.05, 0) is 45.6 Å². The number of unbranched alkanes of at least 4 members (excludes halogenated alkanes) is 11. The maximum absolute atomic E-state index is 10.7. The molecule has 0 saturated heterocycles. The fraction of sp³-hybridized carbons (Fsp3) is 0.519. The van der Waals surface area contributed by atoms with Crippen LogP contribution < -0.4 is 0 Å². The maximum Gasteiger partial charge on any atom is 0.152 e. The zero-order valence-electron chi connectivity index (χ0n) is 18.3. The quantitative estimate of drug-likeness (QED) is 0.100. The zero-order valence-corrected chi connectivity index (χ0v) is 18.3. The van der Waals surface area contributed by atoms with Gasteiger partial charge in [-0.3, -0.25) is 4.79 Å². The van der Waals surface area contributed by atoms with E-state index in [1.807, 2.05) is 30.4 Å². The van der Waals surface area contributed by atoms with Crippen molar-refractivity contribution in [1.82, 2.24) is 0 Å². The van der Waals surface area contributed by atoms with Gasteiger partial charge in [0.25, 0.3) is 0 Å². The maximum atomic E-state index is 10.7. The summed E-state index contributed by atoms with van der Waals surface area (Å²) < 4.78 is 0. The van der Waals surface area contributed by atoms with E-state index >= 15 is 0 Å². The van der Waals surface area contributed by atoms with Crippen molar-refractivity contribution >= 4 is 5.78 Å². The van der Waals surface area contributed by atoms with Crippen LogP contribution in [0, 0.1) is 0 Å². The molecule has 0 heterocycles. The highest BCUT2D eigenvalue weighted by atomic mass is 16.1. The van der Waals surface area contributed by atoms with Crippen LogP contribution in [0.5, 0.6) is 0 Å². The Kier molecular flexibility index (Phi) is 21.6. The standard InChI is InChI=1S/C27H42O/c1-3-4-5-6-7-8-9-10-11-12-13-14-15-16-17-18-19-20-21-22-23-24-25-26-27(2)28/h3-4,17-26H,5-16H2,1-2H3/b4-3+,18-17+,20-19+,22-21+,24-23+,26-25+. The Morgan fingerprint density at radius 1 is 0.536 bits per heavy atom. The second-order valence-corrected chi connectivity index (χ2v) is 7.23. The Balaban J connectivity index is 3.36. The molecule has 0 aliphatic carbocycles. The molecule has 0 aliphatic rings. The van der Waals surface area contributed by atoms with Gasteiger partial charge in [0.05, 0.1) is 0 Å². The van der Waals surface area contributed by atoms with Gasteiger partial charge >= 0.3 is 0 Å². The van der Waals surface area contributed by atoms with Crippen LogP contribution in [0.15, 0.2) is 72.9 Å². The van der Waals surface area contributed by atoms with Crippen LogP contribution in [-0.2, 0) is 4.79 Å². The highest BCUT2D eigenvalue weighted by Gasteiger charge is 1.92.